The number of aromatic amines is 1. The summed E-state index contributed by atoms with van der Waals surface area (Å²) < 4.78 is 0. The predicted molar refractivity (Wildman–Crippen MR) is 101 cm³/mol. The topological polar surface area (TPSA) is 86.9 Å². The van der Waals surface area contributed by atoms with Gasteiger partial charge in [0, 0.05) is 24.1 Å². The molecule has 1 aromatic carbocycles. The van der Waals surface area contributed by atoms with Crippen LogP contribution in [-0.4, -0.2) is 28.8 Å². The van der Waals surface area contributed by atoms with Crippen molar-refractivity contribution in [1.82, 2.24) is 20.6 Å². The van der Waals surface area contributed by atoms with Crippen molar-refractivity contribution in [3.63, 3.8) is 0 Å². The van der Waals surface area contributed by atoms with Gasteiger partial charge in [0.25, 0.3) is 5.91 Å². The number of aromatic nitrogens is 2. The van der Waals surface area contributed by atoms with E-state index in [9.17, 15) is 9.59 Å². The predicted octanol–water partition coefficient (Wildman–Crippen LogP) is 2.79. The maximum Gasteiger partial charge on any atom is 0.268 e. The number of pyridine rings is 1. The number of hydrogen-bond acceptors (Lipinski definition) is 3. The number of benzene rings is 1. The Balaban J connectivity index is 1.89. The summed E-state index contributed by atoms with van der Waals surface area (Å²) in [5.41, 5.74) is 4.09. The standard InChI is InChI=1S/C20H22N4O2/c1-12-6-4-8-14-10-16(23-18(12)14)20(26)24-15(11-17(25)21-3)19-13(2)7-5-9-22-19/h4-10,15,23H,11H2,1-3H3,(H,21,25)(H,24,26). The monoisotopic (exact) mass is 350 g/mol. The zero-order valence-electron chi connectivity index (χ0n) is 15.1. The zero-order valence-corrected chi connectivity index (χ0v) is 15.1. The molecule has 6 heteroatoms. The molecule has 0 radical (unpaired) electrons. The van der Waals surface area contributed by atoms with Crippen LogP contribution in [0.25, 0.3) is 10.9 Å². The maximum absolute atomic E-state index is 12.8. The van der Waals surface area contributed by atoms with Gasteiger partial charge in [-0.3, -0.25) is 14.6 Å². The van der Waals surface area contributed by atoms with E-state index in [0.717, 1.165) is 22.0 Å². The molecule has 3 N–H and O–H groups in total. The Morgan fingerprint density at radius 2 is 1.92 bits per heavy atom. The lowest BCUT2D eigenvalue weighted by Crippen LogP contribution is -2.33. The SMILES string of the molecule is CNC(=O)CC(NC(=O)c1cc2cccc(C)c2[nH]1)c1ncccc1C. The van der Waals surface area contributed by atoms with Gasteiger partial charge >= 0.3 is 0 Å². The van der Waals surface area contributed by atoms with E-state index in [1.807, 2.05) is 50.2 Å². The molecule has 0 aliphatic carbocycles. The third-order valence-corrected chi connectivity index (χ3v) is 4.46. The van der Waals surface area contributed by atoms with Gasteiger partial charge in [-0.25, -0.2) is 0 Å². The molecule has 6 nitrogen and oxygen atoms in total. The lowest BCUT2D eigenvalue weighted by molar-refractivity contribution is -0.121. The van der Waals surface area contributed by atoms with Gasteiger partial charge in [0.05, 0.1) is 18.2 Å². The molecule has 2 aromatic heterocycles. The molecule has 0 fully saturated rings. The molecule has 0 aliphatic heterocycles. The van der Waals surface area contributed by atoms with Crippen molar-refractivity contribution < 1.29 is 9.59 Å². The molecule has 3 aromatic rings. The molecule has 1 unspecified atom stereocenters. The van der Waals surface area contributed by atoms with E-state index < -0.39 is 6.04 Å². The van der Waals surface area contributed by atoms with E-state index in [1.165, 1.54) is 0 Å². The maximum atomic E-state index is 12.8. The number of para-hydroxylation sites is 1. The number of carbonyl (C=O) groups excluding carboxylic acids is 2. The first kappa shape index (κ1) is 17.7. The second-order valence-corrected chi connectivity index (χ2v) is 6.33. The summed E-state index contributed by atoms with van der Waals surface area (Å²) in [4.78, 5) is 32.2. The minimum absolute atomic E-state index is 0.124. The minimum Gasteiger partial charge on any atom is -0.359 e. The number of rotatable bonds is 5. The van der Waals surface area contributed by atoms with Crippen molar-refractivity contribution >= 4 is 22.7 Å². The van der Waals surface area contributed by atoms with E-state index in [4.69, 9.17) is 0 Å². The second kappa shape index (κ2) is 7.39. The van der Waals surface area contributed by atoms with Crippen LogP contribution in [0.5, 0.6) is 0 Å². The van der Waals surface area contributed by atoms with Gasteiger partial charge in [-0.15, -0.1) is 0 Å². The summed E-state index contributed by atoms with van der Waals surface area (Å²) in [7, 11) is 1.58. The molecule has 3 rings (SSSR count). The van der Waals surface area contributed by atoms with Gasteiger partial charge in [-0.05, 0) is 37.1 Å². The van der Waals surface area contributed by atoms with Crippen molar-refractivity contribution in [3.8, 4) is 0 Å². The fraction of sp³-hybridized carbons (Fsp3) is 0.250. The van der Waals surface area contributed by atoms with Gasteiger partial charge < -0.3 is 15.6 Å². The highest BCUT2D eigenvalue weighted by atomic mass is 16.2. The highest BCUT2D eigenvalue weighted by Crippen LogP contribution is 2.21. The number of carbonyl (C=O) groups is 2. The van der Waals surface area contributed by atoms with Gasteiger partial charge in [0.1, 0.15) is 5.69 Å². The first-order valence-electron chi connectivity index (χ1n) is 8.51. The molecule has 26 heavy (non-hydrogen) atoms. The molecule has 0 aliphatic rings. The summed E-state index contributed by atoms with van der Waals surface area (Å²) >= 11 is 0. The number of nitrogens with one attached hydrogen (secondary N) is 3. The Morgan fingerprint density at radius 1 is 1.15 bits per heavy atom. The van der Waals surface area contributed by atoms with Crippen molar-refractivity contribution in [2.75, 3.05) is 7.05 Å². The molecule has 2 heterocycles. The molecular weight excluding hydrogens is 328 g/mol. The van der Waals surface area contributed by atoms with Gasteiger partial charge in [-0.2, -0.15) is 0 Å². The van der Waals surface area contributed by atoms with Crippen molar-refractivity contribution in [1.29, 1.82) is 0 Å². The number of fused-ring (bicyclic) bond motifs is 1. The average molecular weight is 350 g/mol. The number of hydrogen-bond donors (Lipinski definition) is 3. The first-order valence-corrected chi connectivity index (χ1v) is 8.51. The van der Waals surface area contributed by atoms with Gasteiger partial charge in [0.15, 0.2) is 0 Å². The smallest absolute Gasteiger partial charge is 0.268 e. The molecule has 0 spiro atoms. The van der Waals surface area contributed by atoms with E-state index in [-0.39, 0.29) is 18.2 Å². The van der Waals surface area contributed by atoms with Crippen LogP contribution in [0.1, 0.15) is 39.8 Å². The van der Waals surface area contributed by atoms with E-state index in [1.54, 1.807) is 13.2 Å². The molecule has 2 amide bonds. The van der Waals surface area contributed by atoms with Crippen LogP contribution in [0.15, 0.2) is 42.6 Å². The van der Waals surface area contributed by atoms with Gasteiger partial charge in [-0.1, -0.05) is 24.3 Å². The molecule has 134 valence electrons. The number of amides is 2. The Hall–Kier alpha value is -3.15. The third-order valence-electron chi connectivity index (χ3n) is 4.46. The first-order chi connectivity index (χ1) is 12.5. The van der Waals surface area contributed by atoms with Crippen LogP contribution in [0.3, 0.4) is 0 Å². The lowest BCUT2D eigenvalue weighted by atomic mass is 10.0. The van der Waals surface area contributed by atoms with Gasteiger partial charge in [0.2, 0.25) is 5.91 Å². The van der Waals surface area contributed by atoms with Crippen LogP contribution < -0.4 is 10.6 Å². The molecular formula is C20H22N4O2. The molecule has 0 saturated heterocycles. The summed E-state index contributed by atoms with van der Waals surface area (Å²) in [6.07, 6.45) is 1.79. The number of aryl methyl sites for hydroxylation is 2. The van der Waals surface area contributed by atoms with Crippen molar-refractivity contribution in [2.45, 2.75) is 26.3 Å². The lowest BCUT2D eigenvalue weighted by Gasteiger charge is -2.19. The Morgan fingerprint density at radius 3 is 2.62 bits per heavy atom. The minimum atomic E-state index is -0.504. The molecule has 0 saturated carbocycles. The summed E-state index contributed by atoms with van der Waals surface area (Å²) in [6.45, 7) is 3.91. The third kappa shape index (κ3) is 3.59. The van der Waals surface area contributed by atoms with Crippen LogP contribution in [-0.2, 0) is 4.79 Å². The average Bonchev–Trinajstić information content (AvgIpc) is 3.07. The Bertz CT molecular complexity index is 961. The van der Waals surface area contributed by atoms with Crippen LogP contribution >= 0.6 is 0 Å². The Kier molecular flexibility index (Phi) is 5.02. The van der Waals surface area contributed by atoms with Crippen LogP contribution in [0, 0.1) is 13.8 Å². The fourth-order valence-electron chi connectivity index (χ4n) is 3.03. The summed E-state index contributed by atoms with van der Waals surface area (Å²) in [6, 6.07) is 11.0. The Labute approximate surface area is 152 Å². The second-order valence-electron chi connectivity index (χ2n) is 6.33. The van der Waals surface area contributed by atoms with E-state index in [0.29, 0.717) is 11.4 Å². The quantitative estimate of drug-likeness (QED) is 0.661. The molecule has 0 bridgehead atoms. The van der Waals surface area contributed by atoms with Crippen molar-refractivity contribution in [2.24, 2.45) is 0 Å². The van der Waals surface area contributed by atoms with Crippen LogP contribution in [0.2, 0.25) is 0 Å². The number of nitrogens with zero attached hydrogens (tertiary/aromatic N) is 1. The van der Waals surface area contributed by atoms with E-state index >= 15 is 0 Å². The fourth-order valence-corrected chi connectivity index (χ4v) is 3.03. The molecule has 1 atom stereocenters. The van der Waals surface area contributed by atoms with Crippen molar-refractivity contribution in [3.05, 3.63) is 65.1 Å². The normalized spacial score (nSPS) is 12.0. The largest absolute Gasteiger partial charge is 0.359 e. The zero-order chi connectivity index (χ0) is 18.7. The van der Waals surface area contributed by atoms with Crippen LogP contribution in [0.4, 0.5) is 0 Å². The highest BCUT2D eigenvalue weighted by molar-refractivity contribution is 5.99. The highest BCUT2D eigenvalue weighted by Gasteiger charge is 2.22. The summed E-state index contributed by atoms with van der Waals surface area (Å²) in [5, 5.41) is 6.52. The van der Waals surface area contributed by atoms with E-state index in [2.05, 4.69) is 20.6 Å². The number of H-pyrrole nitrogens is 1. The summed E-state index contributed by atoms with van der Waals surface area (Å²) in [5.74, 6) is -0.424.